The van der Waals surface area contributed by atoms with Crippen molar-refractivity contribution in [1.29, 1.82) is 0 Å². The molecule has 2 aliphatic heterocycles. The summed E-state index contributed by atoms with van der Waals surface area (Å²) < 4.78 is 5.20. The molecule has 0 bridgehead atoms. The number of carbonyl (C=O) groups excluding carboxylic acids is 2. The number of amides is 1. The number of benzene rings is 1. The summed E-state index contributed by atoms with van der Waals surface area (Å²) in [7, 11) is 0. The third kappa shape index (κ3) is 2.84. The number of ether oxygens (including phenoxy) is 1. The summed E-state index contributed by atoms with van der Waals surface area (Å²) in [5, 5.41) is 0.924. The number of allylic oxidation sites excluding steroid dienone is 1. The number of aliphatic imine (C=N–C) groups is 1. The predicted octanol–water partition coefficient (Wildman–Crippen LogP) is 3.55. The molecular formula is C17H17ClN2O3S. The van der Waals surface area contributed by atoms with E-state index < -0.39 is 12.0 Å². The van der Waals surface area contributed by atoms with Crippen LogP contribution in [0.3, 0.4) is 0 Å². The molecule has 0 radical (unpaired) electrons. The smallest absolute Gasteiger partial charge is 0.338 e. The van der Waals surface area contributed by atoms with Gasteiger partial charge in [0, 0.05) is 5.02 Å². The van der Waals surface area contributed by atoms with Crippen LogP contribution in [0, 0.1) is 0 Å². The SMILES string of the molecule is CCOC(=O)C1=C(C)N=C2S[C@@H](C)C(=O)N2[C@@H]1c1cccc(Cl)c1. The minimum absolute atomic E-state index is 0.0713. The van der Waals surface area contributed by atoms with Crippen molar-refractivity contribution >= 4 is 40.4 Å². The summed E-state index contributed by atoms with van der Waals surface area (Å²) in [4.78, 5) is 31.2. The first-order valence-electron chi connectivity index (χ1n) is 7.65. The number of hydrogen-bond acceptors (Lipinski definition) is 5. The highest BCUT2D eigenvalue weighted by Crippen LogP contribution is 2.43. The molecule has 1 amide bonds. The Morgan fingerprint density at radius 1 is 1.46 bits per heavy atom. The Labute approximate surface area is 149 Å². The quantitative estimate of drug-likeness (QED) is 0.769. The summed E-state index contributed by atoms with van der Waals surface area (Å²) in [6.45, 7) is 5.61. The fraction of sp³-hybridized carbons (Fsp3) is 0.353. The summed E-state index contributed by atoms with van der Waals surface area (Å²) in [5.41, 5.74) is 1.71. The lowest BCUT2D eigenvalue weighted by Crippen LogP contribution is -2.40. The Bertz CT molecular complexity index is 775. The molecule has 5 nitrogen and oxygen atoms in total. The fourth-order valence-electron chi connectivity index (χ4n) is 2.86. The third-order valence-electron chi connectivity index (χ3n) is 3.92. The fourth-order valence-corrected chi connectivity index (χ4v) is 4.09. The van der Waals surface area contributed by atoms with Crippen molar-refractivity contribution in [2.24, 2.45) is 4.99 Å². The van der Waals surface area contributed by atoms with Gasteiger partial charge in [-0.15, -0.1) is 0 Å². The Kier molecular flexibility index (Phi) is 4.69. The van der Waals surface area contributed by atoms with Crippen LogP contribution in [0.4, 0.5) is 0 Å². The van der Waals surface area contributed by atoms with Gasteiger partial charge >= 0.3 is 5.97 Å². The molecule has 0 unspecified atom stereocenters. The highest BCUT2D eigenvalue weighted by molar-refractivity contribution is 8.15. The van der Waals surface area contributed by atoms with Crippen molar-refractivity contribution in [2.75, 3.05) is 6.61 Å². The van der Waals surface area contributed by atoms with Crippen molar-refractivity contribution in [1.82, 2.24) is 4.90 Å². The number of esters is 1. The van der Waals surface area contributed by atoms with E-state index in [-0.39, 0.29) is 17.8 Å². The Balaban J connectivity index is 2.16. The summed E-state index contributed by atoms with van der Waals surface area (Å²) >= 11 is 7.52. The molecule has 1 saturated heterocycles. The van der Waals surface area contributed by atoms with Gasteiger partial charge in [0.2, 0.25) is 5.91 Å². The topological polar surface area (TPSA) is 59.0 Å². The predicted molar refractivity (Wildman–Crippen MR) is 94.9 cm³/mol. The first-order chi connectivity index (χ1) is 11.4. The highest BCUT2D eigenvalue weighted by Gasteiger charge is 2.46. The van der Waals surface area contributed by atoms with Crippen LogP contribution in [0.2, 0.25) is 5.02 Å². The maximum atomic E-state index is 12.7. The maximum absolute atomic E-state index is 12.7. The summed E-state index contributed by atoms with van der Waals surface area (Å²) in [5.74, 6) is -0.529. The Morgan fingerprint density at radius 2 is 2.21 bits per heavy atom. The molecule has 0 saturated carbocycles. The molecule has 2 heterocycles. The molecule has 2 aliphatic rings. The van der Waals surface area contributed by atoms with Crippen LogP contribution in [0.15, 0.2) is 40.5 Å². The number of rotatable bonds is 3. The Hall–Kier alpha value is -1.79. The maximum Gasteiger partial charge on any atom is 0.338 e. The van der Waals surface area contributed by atoms with Gasteiger partial charge in [0.25, 0.3) is 0 Å². The van der Waals surface area contributed by atoms with E-state index in [0.29, 0.717) is 21.5 Å². The van der Waals surface area contributed by atoms with Gasteiger partial charge in [0.1, 0.15) is 0 Å². The Morgan fingerprint density at radius 3 is 2.88 bits per heavy atom. The largest absolute Gasteiger partial charge is 0.463 e. The van der Waals surface area contributed by atoms with Gasteiger partial charge in [-0.05, 0) is 38.5 Å². The van der Waals surface area contributed by atoms with Gasteiger partial charge in [0.15, 0.2) is 5.17 Å². The average molecular weight is 365 g/mol. The second-order valence-corrected chi connectivity index (χ2v) is 7.28. The number of amidine groups is 1. The monoisotopic (exact) mass is 364 g/mol. The van der Waals surface area contributed by atoms with E-state index in [1.165, 1.54) is 11.8 Å². The second kappa shape index (κ2) is 6.61. The first-order valence-corrected chi connectivity index (χ1v) is 8.91. The average Bonchev–Trinajstić information content (AvgIpc) is 2.80. The molecule has 1 aromatic rings. The van der Waals surface area contributed by atoms with E-state index in [4.69, 9.17) is 16.3 Å². The highest BCUT2D eigenvalue weighted by atomic mass is 35.5. The van der Waals surface area contributed by atoms with Crippen LogP contribution in [-0.2, 0) is 14.3 Å². The molecule has 1 fully saturated rings. The van der Waals surface area contributed by atoms with Crippen molar-refractivity contribution in [3.05, 3.63) is 46.1 Å². The van der Waals surface area contributed by atoms with Crippen molar-refractivity contribution < 1.29 is 14.3 Å². The zero-order valence-electron chi connectivity index (χ0n) is 13.6. The second-order valence-electron chi connectivity index (χ2n) is 5.54. The number of thioether (sulfide) groups is 1. The molecule has 24 heavy (non-hydrogen) atoms. The van der Waals surface area contributed by atoms with E-state index >= 15 is 0 Å². The number of halogens is 1. The van der Waals surface area contributed by atoms with Gasteiger partial charge in [-0.3, -0.25) is 9.69 Å². The van der Waals surface area contributed by atoms with Gasteiger partial charge in [-0.25, -0.2) is 9.79 Å². The number of hydrogen-bond donors (Lipinski definition) is 0. The summed E-state index contributed by atoms with van der Waals surface area (Å²) in [6.07, 6.45) is 0. The standard InChI is InChI=1S/C17H17ClN2O3S/c1-4-23-16(22)13-9(2)19-17-20(15(21)10(3)24-17)14(13)11-6-5-7-12(18)8-11/h5-8,10,14H,4H2,1-3H3/t10-,14+/m0/s1. The zero-order chi connectivity index (χ0) is 17.4. The number of nitrogens with zero attached hydrogens (tertiary/aromatic N) is 2. The third-order valence-corrected chi connectivity index (χ3v) is 5.21. The molecule has 0 N–H and O–H groups in total. The van der Waals surface area contributed by atoms with Gasteiger partial charge in [0.05, 0.1) is 29.2 Å². The zero-order valence-corrected chi connectivity index (χ0v) is 15.1. The van der Waals surface area contributed by atoms with Crippen molar-refractivity contribution in [3.63, 3.8) is 0 Å². The number of carbonyl (C=O) groups is 2. The molecule has 7 heteroatoms. The first kappa shape index (κ1) is 17.0. The molecule has 126 valence electrons. The molecule has 3 rings (SSSR count). The van der Waals surface area contributed by atoms with E-state index in [9.17, 15) is 9.59 Å². The molecular weight excluding hydrogens is 348 g/mol. The van der Waals surface area contributed by atoms with Crippen LogP contribution >= 0.6 is 23.4 Å². The van der Waals surface area contributed by atoms with Crippen molar-refractivity contribution in [3.8, 4) is 0 Å². The minimum atomic E-state index is -0.569. The van der Waals surface area contributed by atoms with Crippen molar-refractivity contribution in [2.45, 2.75) is 32.1 Å². The van der Waals surface area contributed by atoms with Crippen LogP contribution in [0.25, 0.3) is 0 Å². The molecule has 0 aromatic heterocycles. The van der Waals surface area contributed by atoms with E-state index in [2.05, 4.69) is 4.99 Å². The molecule has 0 aliphatic carbocycles. The van der Waals surface area contributed by atoms with Crippen LogP contribution in [0.1, 0.15) is 32.4 Å². The van der Waals surface area contributed by atoms with E-state index in [1.807, 2.05) is 13.0 Å². The molecule has 1 aromatic carbocycles. The lowest BCUT2D eigenvalue weighted by Gasteiger charge is -2.33. The minimum Gasteiger partial charge on any atom is -0.463 e. The summed E-state index contributed by atoms with van der Waals surface area (Å²) in [6, 6.07) is 6.61. The molecule has 0 spiro atoms. The van der Waals surface area contributed by atoms with Crippen LogP contribution < -0.4 is 0 Å². The van der Waals surface area contributed by atoms with Crippen LogP contribution in [0.5, 0.6) is 0 Å². The lowest BCUT2D eigenvalue weighted by atomic mass is 9.94. The van der Waals surface area contributed by atoms with Crippen LogP contribution in [-0.4, -0.2) is 33.8 Å². The van der Waals surface area contributed by atoms with Gasteiger partial charge in [-0.1, -0.05) is 35.5 Å². The normalized spacial score (nSPS) is 23.2. The molecule has 2 atom stereocenters. The van der Waals surface area contributed by atoms with E-state index in [1.54, 1.807) is 36.9 Å². The lowest BCUT2D eigenvalue weighted by molar-refractivity contribution is -0.139. The number of fused-ring (bicyclic) bond motifs is 1. The van der Waals surface area contributed by atoms with Gasteiger partial charge < -0.3 is 4.74 Å². The van der Waals surface area contributed by atoms with Gasteiger partial charge in [-0.2, -0.15) is 0 Å². The van der Waals surface area contributed by atoms with E-state index in [0.717, 1.165) is 5.56 Å².